The third-order valence-electron chi connectivity index (χ3n) is 4.14. The second-order valence-corrected chi connectivity index (χ2v) is 8.85. The van der Waals surface area contributed by atoms with Gasteiger partial charge in [-0.25, -0.2) is 4.39 Å². The number of rotatable bonds is 4. The highest BCUT2D eigenvalue weighted by Gasteiger charge is 2.14. The van der Waals surface area contributed by atoms with Crippen LogP contribution in [0.4, 0.5) is 4.39 Å². The van der Waals surface area contributed by atoms with Crippen LogP contribution in [0.15, 0.2) is 115 Å². The van der Waals surface area contributed by atoms with E-state index < -0.39 is 7.92 Å². The van der Waals surface area contributed by atoms with Crippen LogP contribution in [0, 0.1) is 5.82 Å². The Morgan fingerprint density at radius 2 is 0.893 bits per heavy atom. The molecule has 28 heavy (non-hydrogen) atoms. The zero-order chi connectivity index (χ0) is 19.6. The maximum atomic E-state index is 12.6. The van der Waals surface area contributed by atoms with Gasteiger partial charge in [-0.3, -0.25) is 0 Å². The van der Waals surface area contributed by atoms with Crippen molar-refractivity contribution in [2.24, 2.45) is 0 Å². The maximum absolute atomic E-state index is 12.6. The van der Waals surface area contributed by atoms with Crippen molar-refractivity contribution in [1.82, 2.24) is 0 Å². The number of benzene rings is 4. The van der Waals surface area contributed by atoms with Crippen LogP contribution in [0.1, 0.15) is 5.56 Å². The van der Waals surface area contributed by atoms with Crippen molar-refractivity contribution in [2.45, 2.75) is 5.33 Å². The molecule has 0 saturated carbocycles. The third kappa shape index (κ3) is 5.61. The molecule has 0 amide bonds. The molecule has 0 atom stereocenters. The van der Waals surface area contributed by atoms with Crippen molar-refractivity contribution in [2.75, 3.05) is 0 Å². The summed E-state index contributed by atoms with van der Waals surface area (Å²) in [6.07, 6.45) is 0. The second-order valence-electron chi connectivity index (χ2n) is 6.07. The highest BCUT2D eigenvalue weighted by molar-refractivity contribution is 9.08. The Morgan fingerprint density at radius 3 is 1.21 bits per heavy atom. The number of halogens is 2. The monoisotopic (exact) mass is 450 g/mol. The molecule has 3 heteroatoms. The molecular formula is C25H21BrFP. The van der Waals surface area contributed by atoms with Crippen LogP contribution in [0.2, 0.25) is 0 Å². The Kier molecular flexibility index (Phi) is 7.96. The molecule has 0 aliphatic heterocycles. The summed E-state index contributed by atoms with van der Waals surface area (Å²) in [5, 5.41) is 4.78. The first-order chi connectivity index (χ1) is 13.8. The lowest BCUT2D eigenvalue weighted by atomic mass is 10.2. The van der Waals surface area contributed by atoms with E-state index in [1.807, 2.05) is 6.07 Å². The predicted molar refractivity (Wildman–Crippen MR) is 124 cm³/mol. The van der Waals surface area contributed by atoms with E-state index >= 15 is 0 Å². The van der Waals surface area contributed by atoms with Gasteiger partial charge in [0.15, 0.2) is 0 Å². The average Bonchev–Trinajstić information content (AvgIpc) is 2.77. The van der Waals surface area contributed by atoms with Gasteiger partial charge in [-0.05, 0) is 35.5 Å². The molecule has 0 radical (unpaired) electrons. The van der Waals surface area contributed by atoms with E-state index in [9.17, 15) is 4.39 Å². The van der Waals surface area contributed by atoms with Gasteiger partial charge >= 0.3 is 0 Å². The molecule has 0 spiro atoms. The van der Waals surface area contributed by atoms with E-state index in [-0.39, 0.29) is 5.82 Å². The van der Waals surface area contributed by atoms with Gasteiger partial charge in [0, 0.05) is 5.33 Å². The fraction of sp³-hybridized carbons (Fsp3) is 0.0400. The van der Waals surface area contributed by atoms with Gasteiger partial charge in [0.2, 0.25) is 0 Å². The van der Waals surface area contributed by atoms with E-state index in [0.29, 0.717) is 10.9 Å². The van der Waals surface area contributed by atoms with Gasteiger partial charge in [0.1, 0.15) is 5.82 Å². The highest BCUT2D eigenvalue weighted by Crippen LogP contribution is 2.32. The zero-order valence-electron chi connectivity index (χ0n) is 15.4. The topological polar surface area (TPSA) is 0 Å². The summed E-state index contributed by atoms with van der Waals surface area (Å²) in [4.78, 5) is 0. The number of hydrogen-bond donors (Lipinski definition) is 0. The van der Waals surface area contributed by atoms with Crippen LogP contribution in [0.3, 0.4) is 0 Å². The van der Waals surface area contributed by atoms with E-state index in [4.69, 9.17) is 0 Å². The van der Waals surface area contributed by atoms with E-state index in [0.717, 1.165) is 0 Å². The molecule has 0 saturated heterocycles. The summed E-state index contributed by atoms with van der Waals surface area (Å²) in [5.74, 6) is -0.144. The van der Waals surface area contributed by atoms with Gasteiger partial charge in [0.25, 0.3) is 0 Å². The lowest BCUT2D eigenvalue weighted by Gasteiger charge is -2.18. The van der Waals surface area contributed by atoms with Crippen molar-refractivity contribution in [1.29, 1.82) is 0 Å². The molecule has 0 unspecified atom stereocenters. The van der Waals surface area contributed by atoms with Gasteiger partial charge in [-0.15, -0.1) is 0 Å². The molecule has 0 fully saturated rings. The fourth-order valence-corrected chi connectivity index (χ4v) is 5.55. The van der Waals surface area contributed by atoms with Crippen LogP contribution in [-0.4, -0.2) is 0 Å². The first-order valence-electron chi connectivity index (χ1n) is 9.04. The van der Waals surface area contributed by atoms with Crippen molar-refractivity contribution in [3.05, 3.63) is 127 Å². The van der Waals surface area contributed by atoms with Crippen LogP contribution in [0.25, 0.3) is 0 Å². The Balaban J connectivity index is 0.000000211. The Morgan fingerprint density at radius 1 is 0.536 bits per heavy atom. The van der Waals surface area contributed by atoms with Crippen LogP contribution < -0.4 is 15.9 Å². The van der Waals surface area contributed by atoms with Crippen molar-refractivity contribution >= 4 is 39.8 Å². The molecule has 0 aliphatic rings. The minimum absolute atomic E-state index is 0.144. The van der Waals surface area contributed by atoms with E-state index in [1.54, 1.807) is 12.1 Å². The standard InChI is InChI=1S/C18H15P.C7H6BrF/c1-4-10-16(11-5-1)19(17-12-6-2-7-13-17)18-14-8-3-9-15-18;8-5-6-3-1-2-4-7(6)9/h1-15H;1-4H,5H2. The smallest absolute Gasteiger partial charge is 0.127 e. The van der Waals surface area contributed by atoms with Gasteiger partial charge in [-0.1, -0.05) is 125 Å². The molecule has 4 aromatic rings. The van der Waals surface area contributed by atoms with Gasteiger partial charge in [-0.2, -0.15) is 0 Å². The van der Waals surface area contributed by atoms with Gasteiger partial charge in [0.05, 0.1) is 0 Å². The molecule has 0 bridgehead atoms. The SMILES string of the molecule is Fc1ccccc1CBr.c1ccc(P(c2ccccc2)c2ccccc2)cc1. The fourth-order valence-electron chi connectivity index (χ4n) is 2.79. The second kappa shape index (κ2) is 10.9. The van der Waals surface area contributed by atoms with Crippen LogP contribution in [0.5, 0.6) is 0 Å². The molecule has 0 nitrogen and oxygen atoms in total. The molecule has 4 rings (SSSR count). The zero-order valence-corrected chi connectivity index (χ0v) is 17.9. The molecular weight excluding hydrogens is 430 g/mol. The van der Waals surface area contributed by atoms with Crippen LogP contribution in [-0.2, 0) is 5.33 Å². The lowest BCUT2D eigenvalue weighted by Crippen LogP contribution is -2.20. The molecule has 0 aromatic heterocycles. The average molecular weight is 451 g/mol. The summed E-state index contributed by atoms with van der Waals surface area (Å²) in [7, 11) is -0.446. The maximum Gasteiger partial charge on any atom is 0.127 e. The quantitative estimate of drug-likeness (QED) is 0.257. The minimum atomic E-state index is -0.446. The predicted octanol–water partition coefficient (Wildman–Crippen LogP) is 6.17. The summed E-state index contributed by atoms with van der Waals surface area (Å²) in [6.45, 7) is 0. The van der Waals surface area contributed by atoms with Crippen molar-refractivity contribution in [3.63, 3.8) is 0 Å². The largest absolute Gasteiger partial charge is 0.207 e. The molecule has 0 heterocycles. The molecule has 0 N–H and O–H groups in total. The molecule has 4 aromatic carbocycles. The number of alkyl halides is 1. The van der Waals surface area contributed by atoms with Crippen molar-refractivity contribution < 1.29 is 4.39 Å². The molecule has 140 valence electrons. The Labute approximate surface area is 176 Å². The summed E-state index contributed by atoms with van der Waals surface area (Å²) in [6, 6.07) is 39.0. The van der Waals surface area contributed by atoms with E-state index in [2.05, 4.69) is 107 Å². The minimum Gasteiger partial charge on any atom is -0.207 e. The Bertz CT molecular complexity index is 865. The van der Waals surface area contributed by atoms with Crippen molar-refractivity contribution in [3.8, 4) is 0 Å². The summed E-state index contributed by atoms with van der Waals surface area (Å²) < 4.78 is 12.6. The highest BCUT2D eigenvalue weighted by atomic mass is 79.9. The van der Waals surface area contributed by atoms with E-state index in [1.165, 1.54) is 22.0 Å². The third-order valence-corrected chi connectivity index (χ3v) is 7.19. The first kappa shape index (κ1) is 20.5. The molecule has 0 aliphatic carbocycles. The number of hydrogen-bond acceptors (Lipinski definition) is 0. The summed E-state index contributed by atoms with van der Waals surface area (Å²) >= 11 is 3.17. The van der Waals surface area contributed by atoms with Gasteiger partial charge < -0.3 is 0 Å². The normalized spacial score (nSPS) is 10.2. The first-order valence-corrected chi connectivity index (χ1v) is 11.5. The lowest BCUT2D eigenvalue weighted by molar-refractivity contribution is 0.618. The van der Waals surface area contributed by atoms with Crippen LogP contribution >= 0.6 is 23.9 Å². The summed E-state index contributed by atoms with van der Waals surface area (Å²) in [5.41, 5.74) is 0.706. The Hall–Kier alpha value is -2.28.